The van der Waals surface area contributed by atoms with Gasteiger partial charge in [0.05, 0.1) is 7.11 Å². The molecule has 1 aliphatic rings. The summed E-state index contributed by atoms with van der Waals surface area (Å²) in [5, 5.41) is 0. The van der Waals surface area contributed by atoms with E-state index in [9.17, 15) is 0 Å². The molecule has 1 fully saturated rings. The van der Waals surface area contributed by atoms with Crippen LogP contribution in [0.15, 0.2) is 0 Å². The van der Waals surface area contributed by atoms with Gasteiger partial charge in [-0.3, -0.25) is 4.84 Å². The van der Waals surface area contributed by atoms with Crippen LogP contribution in [-0.4, -0.2) is 70.2 Å². The van der Waals surface area contributed by atoms with Gasteiger partial charge in [-0.1, -0.05) is 0 Å². The third-order valence-corrected chi connectivity index (χ3v) is 14.5. The van der Waals surface area contributed by atoms with Crippen molar-refractivity contribution in [3.63, 3.8) is 0 Å². The number of ether oxygens (including phenoxy) is 1. The van der Waals surface area contributed by atoms with Crippen molar-refractivity contribution in [1.82, 2.24) is 4.89 Å². The van der Waals surface area contributed by atoms with Crippen molar-refractivity contribution in [3.8, 4) is 0 Å². The number of hydrogen-bond donors (Lipinski definition) is 0. The molecule has 1 saturated heterocycles. The van der Waals surface area contributed by atoms with Crippen LogP contribution in [0.1, 0.15) is 0 Å². The molecule has 18 heavy (non-hydrogen) atoms. The summed E-state index contributed by atoms with van der Waals surface area (Å²) in [7, 11) is 3.27. The molecule has 0 bridgehead atoms. The van der Waals surface area contributed by atoms with E-state index in [1.54, 1.807) is 14.2 Å². The molecule has 10 heteroatoms. The Kier molecular flexibility index (Phi) is 5.85. The molecule has 0 N–H and O–H groups in total. The van der Waals surface area contributed by atoms with Crippen molar-refractivity contribution < 1.29 is 32.1 Å². The number of nitrogens with zero attached hydrogens (tertiary/aromatic N) is 1. The van der Waals surface area contributed by atoms with Crippen molar-refractivity contribution in [1.29, 1.82) is 0 Å². The molecule has 0 amide bonds. The van der Waals surface area contributed by atoms with E-state index < -0.39 is 22.6 Å². The summed E-state index contributed by atoms with van der Waals surface area (Å²) < 4.78 is 27.6. The first kappa shape index (κ1) is 16.2. The SMILES string of the molecule is COC1C[Si](OC)(OC)[Si](OC)(OC)N(OC)O1. The third kappa shape index (κ3) is 2.29. The molecule has 0 aromatic heterocycles. The van der Waals surface area contributed by atoms with E-state index >= 15 is 0 Å². The Hall–Kier alpha value is 0.114. The molecule has 0 aromatic rings. The Labute approximate surface area is 109 Å². The highest BCUT2D eigenvalue weighted by Gasteiger charge is 2.74. The number of methoxy groups -OCH3 is 1. The van der Waals surface area contributed by atoms with Crippen LogP contribution >= 0.6 is 0 Å². The van der Waals surface area contributed by atoms with Gasteiger partial charge in [-0.25, -0.2) is 4.84 Å². The summed E-state index contributed by atoms with van der Waals surface area (Å²) in [6, 6.07) is 0.435. The fourth-order valence-corrected chi connectivity index (χ4v) is 11.8. The maximum Gasteiger partial charge on any atom is 0.519 e. The van der Waals surface area contributed by atoms with Crippen molar-refractivity contribution in [2.24, 2.45) is 0 Å². The van der Waals surface area contributed by atoms with Crippen molar-refractivity contribution >= 4 is 16.3 Å². The van der Waals surface area contributed by atoms with Gasteiger partial charge in [0.2, 0.25) is 0 Å². The number of rotatable bonds is 6. The fraction of sp³-hybridized carbons (Fsp3) is 1.00. The predicted octanol–water partition coefficient (Wildman–Crippen LogP) is -0.187. The molecule has 0 radical (unpaired) electrons. The zero-order valence-electron chi connectivity index (χ0n) is 11.6. The van der Waals surface area contributed by atoms with Crippen LogP contribution in [0.4, 0.5) is 0 Å². The molecular formula is C8H21NO7Si2. The Morgan fingerprint density at radius 2 is 1.50 bits per heavy atom. The topological polar surface area (TPSA) is 67.9 Å². The van der Waals surface area contributed by atoms with Gasteiger partial charge in [0.25, 0.3) is 0 Å². The van der Waals surface area contributed by atoms with Gasteiger partial charge < -0.3 is 22.4 Å². The summed E-state index contributed by atoms with van der Waals surface area (Å²) in [4.78, 5) is 11.9. The second kappa shape index (κ2) is 6.52. The Balaban J connectivity index is 3.20. The average molecular weight is 299 g/mol. The van der Waals surface area contributed by atoms with Crippen molar-refractivity contribution in [2.45, 2.75) is 12.3 Å². The molecule has 1 aliphatic heterocycles. The van der Waals surface area contributed by atoms with Crippen molar-refractivity contribution in [2.75, 3.05) is 42.7 Å². The molecule has 108 valence electrons. The van der Waals surface area contributed by atoms with E-state index in [0.29, 0.717) is 6.04 Å². The van der Waals surface area contributed by atoms with E-state index in [0.717, 1.165) is 0 Å². The minimum Gasteiger partial charge on any atom is -0.396 e. The molecule has 0 aliphatic carbocycles. The second-order valence-electron chi connectivity index (χ2n) is 3.57. The summed E-state index contributed by atoms with van der Waals surface area (Å²) in [6.07, 6.45) is -0.526. The van der Waals surface area contributed by atoms with Crippen LogP contribution in [0, 0.1) is 0 Å². The highest BCUT2D eigenvalue weighted by atomic mass is 29.3. The van der Waals surface area contributed by atoms with E-state index in [-0.39, 0.29) is 0 Å². The van der Waals surface area contributed by atoms with E-state index in [2.05, 4.69) is 0 Å². The second-order valence-corrected chi connectivity index (χ2v) is 12.8. The Morgan fingerprint density at radius 3 is 1.83 bits per heavy atom. The lowest BCUT2D eigenvalue weighted by Gasteiger charge is -2.48. The zero-order chi connectivity index (χ0) is 13.8. The molecular weight excluding hydrogens is 278 g/mol. The standard InChI is InChI=1S/C8H21NO7Si2/c1-10-8-7-17(12-3,13-4)18(14-5,15-6)9(11-2)16-8/h8H,7H2,1-6H3. The van der Waals surface area contributed by atoms with Crippen molar-refractivity contribution in [3.05, 3.63) is 0 Å². The zero-order valence-corrected chi connectivity index (χ0v) is 13.6. The van der Waals surface area contributed by atoms with Gasteiger partial charge in [0.1, 0.15) is 0 Å². The van der Waals surface area contributed by atoms with E-state index in [1.165, 1.54) is 33.3 Å². The van der Waals surface area contributed by atoms with Crippen LogP contribution in [-0.2, 0) is 32.1 Å². The van der Waals surface area contributed by atoms with Gasteiger partial charge in [0.15, 0.2) is 6.29 Å². The van der Waals surface area contributed by atoms with E-state index in [1.807, 2.05) is 0 Å². The predicted molar refractivity (Wildman–Crippen MR) is 65.1 cm³/mol. The smallest absolute Gasteiger partial charge is 0.396 e. The first-order chi connectivity index (χ1) is 8.59. The first-order valence-electron chi connectivity index (χ1n) is 5.34. The lowest BCUT2D eigenvalue weighted by molar-refractivity contribution is -0.376. The molecule has 0 spiro atoms. The lowest BCUT2D eigenvalue weighted by Crippen LogP contribution is -2.80. The molecule has 1 unspecified atom stereocenters. The van der Waals surface area contributed by atoms with E-state index in [4.69, 9.17) is 32.1 Å². The maximum atomic E-state index is 5.64. The summed E-state index contributed by atoms with van der Waals surface area (Å²) >= 11 is 0. The summed E-state index contributed by atoms with van der Waals surface area (Å²) in [5.74, 6) is 0. The molecule has 1 atom stereocenters. The van der Waals surface area contributed by atoms with Gasteiger partial charge in [-0.15, -0.1) is 0 Å². The average Bonchev–Trinajstić information content (AvgIpc) is 2.45. The normalized spacial score (nSPS) is 27.3. The van der Waals surface area contributed by atoms with Crippen LogP contribution in [0.2, 0.25) is 6.04 Å². The number of hydrogen-bond acceptors (Lipinski definition) is 8. The Bertz CT molecular complexity index is 262. The summed E-state index contributed by atoms with van der Waals surface area (Å²) in [6.45, 7) is 0. The maximum absolute atomic E-state index is 5.64. The quantitative estimate of drug-likeness (QED) is 0.625. The van der Waals surface area contributed by atoms with Gasteiger partial charge >= 0.3 is 16.3 Å². The van der Waals surface area contributed by atoms with Crippen LogP contribution in [0.25, 0.3) is 0 Å². The molecule has 0 saturated carbocycles. The highest BCUT2D eigenvalue weighted by Crippen LogP contribution is 2.36. The fourth-order valence-electron chi connectivity index (χ4n) is 2.04. The van der Waals surface area contributed by atoms with Gasteiger partial charge in [-0.05, 0) is 4.89 Å². The molecule has 0 aromatic carbocycles. The molecule has 1 heterocycles. The first-order valence-corrected chi connectivity index (χ1v) is 10.1. The highest BCUT2D eigenvalue weighted by molar-refractivity contribution is 7.30. The minimum absolute atomic E-state index is 0.435. The van der Waals surface area contributed by atoms with Crippen LogP contribution in [0.5, 0.6) is 0 Å². The molecule has 8 nitrogen and oxygen atoms in total. The largest absolute Gasteiger partial charge is 0.519 e. The van der Waals surface area contributed by atoms with Crippen LogP contribution < -0.4 is 0 Å². The minimum atomic E-state index is -3.09. The van der Waals surface area contributed by atoms with Crippen LogP contribution in [0.3, 0.4) is 0 Å². The molecule has 1 rings (SSSR count). The monoisotopic (exact) mass is 299 g/mol. The van der Waals surface area contributed by atoms with Gasteiger partial charge in [0, 0.05) is 41.6 Å². The summed E-state index contributed by atoms with van der Waals surface area (Å²) in [5.41, 5.74) is 0. The van der Waals surface area contributed by atoms with Gasteiger partial charge in [-0.2, -0.15) is 0 Å². The lowest BCUT2D eigenvalue weighted by atomic mass is 10.8. The Morgan fingerprint density at radius 1 is 0.944 bits per heavy atom. The third-order valence-electron chi connectivity index (χ3n) is 3.01.